The van der Waals surface area contributed by atoms with E-state index in [0.29, 0.717) is 28.7 Å². The molecule has 4 nitrogen and oxygen atoms in total. The van der Waals surface area contributed by atoms with Crippen LogP contribution in [0.3, 0.4) is 0 Å². The van der Waals surface area contributed by atoms with Crippen LogP contribution in [-0.4, -0.2) is 15.1 Å². The van der Waals surface area contributed by atoms with Gasteiger partial charge in [-0.05, 0) is 42.4 Å². The normalized spacial score (nSPS) is 10.6. The largest absolute Gasteiger partial charge is 0.508 e. The number of aromatic nitrogens is 2. The third-order valence-corrected chi connectivity index (χ3v) is 3.59. The summed E-state index contributed by atoms with van der Waals surface area (Å²) in [5.41, 5.74) is 1.89. The maximum atomic E-state index is 12.0. The number of aryl methyl sites for hydroxylation is 1. The fourth-order valence-corrected chi connectivity index (χ4v) is 2.56. The van der Waals surface area contributed by atoms with Gasteiger partial charge in [-0.3, -0.25) is 9.78 Å². The molecule has 0 amide bonds. The predicted molar refractivity (Wildman–Crippen MR) is 80.2 cm³/mol. The minimum absolute atomic E-state index is 0.173. The van der Waals surface area contributed by atoms with Crippen LogP contribution in [0.4, 0.5) is 0 Å². The van der Waals surface area contributed by atoms with Gasteiger partial charge in [-0.2, -0.15) is 0 Å². The van der Waals surface area contributed by atoms with Crippen LogP contribution in [0.2, 0.25) is 0 Å². The Bertz CT molecular complexity index is 721. The molecule has 0 aliphatic heterocycles. The first kappa shape index (κ1) is 14.0. The van der Waals surface area contributed by atoms with Gasteiger partial charge < -0.3 is 10.1 Å². The van der Waals surface area contributed by atoms with Crippen LogP contribution in [0.25, 0.3) is 0 Å². The van der Waals surface area contributed by atoms with Crippen molar-refractivity contribution in [3.05, 3.63) is 54.6 Å². The van der Waals surface area contributed by atoms with Gasteiger partial charge in [0.25, 0.3) is 5.56 Å². The van der Waals surface area contributed by atoms with Crippen molar-refractivity contribution in [2.75, 3.05) is 0 Å². The standard InChI is InChI=1S/C13H13BrN2O2S/c1-2-10-9(12(18)16-13(19)15-10)6-7-5-8(14)3-4-11(7)17/h3-5,17H,2,6H2,1H3,(H2,15,16,18,19). The van der Waals surface area contributed by atoms with Gasteiger partial charge in [0.2, 0.25) is 0 Å². The topological polar surface area (TPSA) is 68.9 Å². The molecule has 0 fully saturated rings. The molecule has 1 aromatic carbocycles. The zero-order chi connectivity index (χ0) is 14.0. The lowest BCUT2D eigenvalue weighted by Crippen LogP contribution is -2.18. The third-order valence-electron chi connectivity index (χ3n) is 2.89. The second-order valence-electron chi connectivity index (χ2n) is 4.17. The van der Waals surface area contributed by atoms with Crippen LogP contribution >= 0.6 is 28.1 Å². The number of phenols is 1. The number of halogens is 1. The van der Waals surface area contributed by atoms with Crippen LogP contribution in [0.1, 0.15) is 23.7 Å². The number of nitrogens with one attached hydrogen (secondary N) is 2. The number of phenolic OH excluding ortho intramolecular Hbond substituents is 1. The van der Waals surface area contributed by atoms with E-state index in [9.17, 15) is 9.90 Å². The van der Waals surface area contributed by atoms with E-state index >= 15 is 0 Å². The van der Waals surface area contributed by atoms with Crippen LogP contribution < -0.4 is 5.56 Å². The lowest BCUT2D eigenvalue weighted by atomic mass is 10.0. The summed E-state index contributed by atoms with van der Waals surface area (Å²) in [4.78, 5) is 17.5. The molecule has 0 aliphatic carbocycles. The highest BCUT2D eigenvalue weighted by molar-refractivity contribution is 9.10. The second-order valence-corrected chi connectivity index (χ2v) is 5.49. The number of aromatic hydroxyl groups is 1. The first-order valence-electron chi connectivity index (χ1n) is 5.83. The lowest BCUT2D eigenvalue weighted by Gasteiger charge is -2.09. The highest BCUT2D eigenvalue weighted by Gasteiger charge is 2.11. The molecule has 0 saturated carbocycles. The molecular formula is C13H13BrN2O2S. The summed E-state index contributed by atoms with van der Waals surface area (Å²) in [6.45, 7) is 1.95. The van der Waals surface area contributed by atoms with Crippen LogP contribution in [0, 0.1) is 4.77 Å². The van der Waals surface area contributed by atoms with E-state index in [4.69, 9.17) is 12.2 Å². The first-order valence-corrected chi connectivity index (χ1v) is 7.03. The van der Waals surface area contributed by atoms with Crippen LogP contribution in [0.15, 0.2) is 27.5 Å². The van der Waals surface area contributed by atoms with Crippen molar-refractivity contribution >= 4 is 28.1 Å². The lowest BCUT2D eigenvalue weighted by molar-refractivity contribution is 0.469. The second kappa shape index (κ2) is 5.71. The Morgan fingerprint density at radius 1 is 1.37 bits per heavy atom. The van der Waals surface area contributed by atoms with Crippen LogP contribution in [0.5, 0.6) is 5.75 Å². The van der Waals surface area contributed by atoms with Gasteiger partial charge in [0.05, 0.1) is 0 Å². The molecule has 19 heavy (non-hydrogen) atoms. The average molecular weight is 341 g/mol. The summed E-state index contributed by atoms with van der Waals surface area (Å²) in [6.07, 6.45) is 1.04. The third kappa shape index (κ3) is 3.13. The molecule has 2 aromatic rings. The molecule has 0 spiro atoms. The molecule has 0 saturated heterocycles. The monoisotopic (exact) mass is 340 g/mol. The van der Waals surface area contributed by atoms with E-state index in [1.807, 2.05) is 6.92 Å². The van der Waals surface area contributed by atoms with Gasteiger partial charge in [-0.15, -0.1) is 0 Å². The smallest absolute Gasteiger partial charge is 0.255 e. The van der Waals surface area contributed by atoms with Crippen molar-refractivity contribution in [1.29, 1.82) is 0 Å². The average Bonchev–Trinajstić information content (AvgIpc) is 2.36. The van der Waals surface area contributed by atoms with E-state index < -0.39 is 0 Å². The molecule has 2 rings (SSSR count). The van der Waals surface area contributed by atoms with Crippen molar-refractivity contribution in [2.24, 2.45) is 0 Å². The quantitative estimate of drug-likeness (QED) is 0.752. The van der Waals surface area contributed by atoms with Gasteiger partial charge in [0, 0.05) is 22.2 Å². The van der Waals surface area contributed by atoms with E-state index in [2.05, 4.69) is 25.9 Å². The molecule has 3 N–H and O–H groups in total. The van der Waals surface area contributed by atoms with Crippen molar-refractivity contribution in [3.8, 4) is 5.75 Å². The fourth-order valence-electron chi connectivity index (χ4n) is 1.93. The fraction of sp³-hybridized carbons (Fsp3) is 0.231. The predicted octanol–water partition coefficient (Wildman–Crippen LogP) is 3.05. The summed E-state index contributed by atoms with van der Waals surface area (Å²) in [5, 5.41) is 9.84. The number of aromatic amines is 2. The van der Waals surface area contributed by atoms with Crippen molar-refractivity contribution in [2.45, 2.75) is 19.8 Å². The highest BCUT2D eigenvalue weighted by Crippen LogP contribution is 2.24. The Morgan fingerprint density at radius 2 is 2.11 bits per heavy atom. The summed E-state index contributed by atoms with van der Waals surface area (Å²) in [6, 6.07) is 5.16. The highest BCUT2D eigenvalue weighted by atomic mass is 79.9. The molecule has 0 radical (unpaired) electrons. The van der Waals surface area contributed by atoms with Crippen molar-refractivity contribution in [1.82, 2.24) is 9.97 Å². The Kier molecular flexibility index (Phi) is 4.21. The Labute approximate surface area is 123 Å². The SMILES string of the molecule is CCc1[nH]c(=S)[nH]c(=O)c1Cc1cc(Br)ccc1O. The number of H-pyrrole nitrogens is 2. The Morgan fingerprint density at radius 3 is 2.79 bits per heavy atom. The van der Waals surface area contributed by atoms with Gasteiger partial charge >= 0.3 is 0 Å². The maximum absolute atomic E-state index is 12.0. The van der Waals surface area contributed by atoms with E-state index in [-0.39, 0.29) is 11.3 Å². The van der Waals surface area contributed by atoms with Gasteiger partial charge in [0.15, 0.2) is 4.77 Å². The molecule has 0 atom stereocenters. The molecule has 0 bridgehead atoms. The molecular weight excluding hydrogens is 328 g/mol. The van der Waals surface area contributed by atoms with Crippen LogP contribution in [-0.2, 0) is 12.8 Å². The maximum Gasteiger partial charge on any atom is 0.255 e. The summed E-state index contributed by atoms with van der Waals surface area (Å²) < 4.78 is 1.18. The van der Waals surface area contributed by atoms with Crippen molar-refractivity contribution in [3.63, 3.8) is 0 Å². The molecule has 1 aromatic heterocycles. The number of hydrogen-bond acceptors (Lipinski definition) is 3. The minimum atomic E-state index is -0.208. The summed E-state index contributed by atoms with van der Waals surface area (Å²) >= 11 is 8.31. The number of benzene rings is 1. The number of rotatable bonds is 3. The molecule has 0 unspecified atom stereocenters. The zero-order valence-electron chi connectivity index (χ0n) is 10.3. The molecule has 6 heteroatoms. The van der Waals surface area contributed by atoms with Gasteiger partial charge in [-0.1, -0.05) is 22.9 Å². The number of hydrogen-bond donors (Lipinski definition) is 3. The first-order chi connectivity index (χ1) is 9.01. The van der Waals surface area contributed by atoms with Gasteiger partial charge in [-0.25, -0.2) is 0 Å². The summed E-state index contributed by atoms with van der Waals surface area (Å²) in [7, 11) is 0. The Hall–Kier alpha value is -1.40. The molecule has 100 valence electrons. The van der Waals surface area contributed by atoms with Gasteiger partial charge in [0.1, 0.15) is 5.75 Å². The van der Waals surface area contributed by atoms with E-state index in [1.54, 1.807) is 18.2 Å². The molecule has 0 aliphatic rings. The van der Waals surface area contributed by atoms with E-state index in [0.717, 1.165) is 10.2 Å². The minimum Gasteiger partial charge on any atom is -0.508 e. The molecule has 1 heterocycles. The van der Waals surface area contributed by atoms with Crippen molar-refractivity contribution < 1.29 is 5.11 Å². The Balaban J connectivity index is 2.52. The zero-order valence-corrected chi connectivity index (χ0v) is 12.7. The summed E-state index contributed by atoms with van der Waals surface area (Å²) in [5.74, 6) is 0.173. The van der Waals surface area contributed by atoms with E-state index in [1.165, 1.54) is 0 Å².